The first-order valence-corrected chi connectivity index (χ1v) is 14.6. The molecule has 4 unspecified atom stereocenters. The van der Waals surface area contributed by atoms with Gasteiger partial charge in [0.15, 0.2) is 0 Å². The molecule has 6 heteroatoms. The number of piperidine rings is 2. The molecule has 0 saturated carbocycles. The van der Waals surface area contributed by atoms with Gasteiger partial charge in [-0.2, -0.15) is 0 Å². The van der Waals surface area contributed by atoms with Crippen molar-refractivity contribution < 1.29 is 13.9 Å². The summed E-state index contributed by atoms with van der Waals surface area (Å²) in [6.45, 7) is 9.45. The summed E-state index contributed by atoms with van der Waals surface area (Å²) in [4.78, 5) is 2.43. The second-order valence-electron chi connectivity index (χ2n) is 11.7. The maximum Gasteiger partial charge on any atom is 0.134 e. The number of benzene rings is 3. The first-order chi connectivity index (χ1) is 19.5. The van der Waals surface area contributed by atoms with E-state index in [2.05, 4.69) is 66.5 Å². The maximum absolute atomic E-state index is 11.4. The molecular weight excluding hydrogens is 532 g/mol. The summed E-state index contributed by atoms with van der Waals surface area (Å²) in [5.41, 5.74) is 4.85. The quantitative estimate of drug-likeness (QED) is 0.231. The summed E-state index contributed by atoms with van der Waals surface area (Å²) in [7, 11) is 0. The summed E-state index contributed by atoms with van der Waals surface area (Å²) in [5.74, 6) is 1.53. The van der Waals surface area contributed by atoms with Gasteiger partial charge in [0.1, 0.15) is 11.2 Å². The molecule has 4 heterocycles. The Morgan fingerprint density at radius 3 is 2.32 bits per heavy atom. The highest BCUT2D eigenvalue weighted by molar-refractivity contribution is 5.85. The second-order valence-corrected chi connectivity index (χ2v) is 11.7. The van der Waals surface area contributed by atoms with Gasteiger partial charge in [0, 0.05) is 36.3 Å². The van der Waals surface area contributed by atoms with Crippen LogP contribution in [0.4, 0.5) is 0 Å². The normalized spacial score (nSPS) is 24.9. The number of aliphatic hydroxyl groups is 1. The van der Waals surface area contributed by atoms with E-state index < -0.39 is 5.60 Å². The van der Waals surface area contributed by atoms with Gasteiger partial charge in [0.2, 0.25) is 0 Å². The minimum absolute atomic E-state index is 0. The fourth-order valence-electron chi connectivity index (χ4n) is 6.78. The van der Waals surface area contributed by atoms with Gasteiger partial charge >= 0.3 is 0 Å². The van der Waals surface area contributed by atoms with E-state index in [1.165, 1.54) is 22.9 Å². The summed E-state index contributed by atoms with van der Waals surface area (Å²) >= 11 is 0. The van der Waals surface area contributed by atoms with Crippen LogP contribution in [-0.4, -0.2) is 36.2 Å². The van der Waals surface area contributed by atoms with Crippen molar-refractivity contribution in [3.63, 3.8) is 0 Å². The molecule has 0 amide bonds. The third kappa shape index (κ3) is 6.09. The molecular formula is C35H41ClN2O3. The molecule has 41 heavy (non-hydrogen) atoms. The number of rotatable bonds is 4. The van der Waals surface area contributed by atoms with E-state index in [0.717, 1.165) is 61.3 Å². The van der Waals surface area contributed by atoms with E-state index in [1.54, 1.807) is 12.5 Å². The van der Waals surface area contributed by atoms with Crippen LogP contribution < -0.4 is 5.32 Å². The van der Waals surface area contributed by atoms with Gasteiger partial charge in [0.25, 0.3) is 0 Å². The molecule has 2 saturated heterocycles. The van der Waals surface area contributed by atoms with E-state index in [0.29, 0.717) is 11.8 Å². The number of hydrogen-bond acceptors (Lipinski definition) is 5. The monoisotopic (exact) mass is 572 g/mol. The van der Waals surface area contributed by atoms with Crippen molar-refractivity contribution in [2.45, 2.75) is 44.8 Å². The first-order valence-electron chi connectivity index (χ1n) is 14.6. The smallest absolute Gasteiger partial charge is 0.134 e. The minimum atomic E-state index is -0.795. The zero-order valence-corrected chi connectivity index (χ0v) is 24.8. The third-order valence-electron chi connectivity index (χ3n) is 9.08. The molecule has 2 aliphatic heterocycles. The maximum atomic E-state index is 11.4. The highest BCUT2D eigenvalue weighted by Gasteiger charge is 2.41. The third-order valence-corrected chi connectivity index (χ3v) is 9.08. The molecule has 2 fully saturated rings. The van der Waals surface area contributed by atoms with Crippen LogP contribution in [0.1, 0.15) is 49.3 Å². The van der Waals surface area contributed by atoms with Crippen molar-refractivity contribution >= 4 is 34.3 Å². The molecule has 5 nitrogen and oxygen atoms in total. The lowest BCUT2D eigenvalue weighted by Gasteiger charge is -2.44. The Morgan fingerprint density at radius 1 is 0.878 bits per heavy atom. The molecule has 0 radical (unpaired) electrons. The van der Waals surface area contributed by atoms with E-state index in [-0.39, 0.29) is 18.3 Å². The number of halogens is 1. The number of fused-ring (bicyclic) bond motifs is 2. The van der Waals surface area contributed by atoms with Gasteiger partial charge in [-0.3, -0.25) is 4.90 Å². The molecule has 0 spiro atoms. The van der Waals surface area contributed by atoms with Crippen LogP contribution in [0, 0.1) is 11.8 Å². The molecule has 2 aliphatic rings. The summed E-state index contributed by atoms with van der Waals surface area (Å²) in [6, 6.07) is 27.0. The first kappa shape index (κ1) is 29.4. The molecule has 2 N–H and O–H groups in total. The summed E-state index contributed by atoms with van der Waals surface area (Å²) < 4.78 is 11.0. The predicted molar refractivity (Wildman–Crippen MR) is 168 cm³/mol. The number of nitrogens with zero attached hydrogens (tertiary/aromatic N) is 1. The molecule has 2 aromatic heterocycles. The number of likely N-dealkylation sites (tertiary alicyclic amines) is 1. The van der Waals surface area contributed by atoms with Crippen molar-refractivity contribution in [1.29, 1.82) is 0 Å². The van der Waals surface area contributed by atoms with Crippen LogP contribution in [0.5, 0.6) is 0 Å². The minimum Gasteiger partial charge on any atom is -0.464 e. The van der Waals surface area contributed by atoms with Crippen LogP contribution in [0.25, 0.3) is 21.9 Å². The average Bonchev–Trinajstić information content (AvgIpc) is 3.66. The number of nitrogens with one attached hydrogen (secondary N) is 1. The zero-order valence-electron chi connectivity index (χ0n) is 24.0. The van der Waals surface area contributed by atoms with E-state index in [9.17, 15) is 5.11 Å². The molecule has 216 valence electrons. The molecule has 7 rings (SSSR count). The van der Waals surface area contributed by atoms with Gasteiger partial charge in [-0.15, -0.1) is 12.4 Å². The molecule has 3 aromatic carbocycles. The number of furan rings is 2. The Bertz CT molecular complexity index is 1550. The van der Waals surface area contributed by atoms with Crippen molar-refractivity contribution in [2.24, 2.45) is 11.8 Å². The van der Waals surface area contributed by atoms with Crippen LogP contribution in [0.15, 0.2) is 100 Å². The van der Waals surface area contributed by atoms with Crippen LogP contribution in [0.2, 0.25) is 0 Å². The van der Waals surface area contributed by atoms with Crippen molar-refractivity contribution in [2.75, 3.05) is 26.2 Å². The van der Waals surface area contributed by atoms with Gasteiger partial charge in [-0.1, -0.05) is 68.4 Å². The molecule has 5 aromatic rings. The Morgan fingerprint density at radius 2 is 1.59 bits per heavy atom. The summed E-state index contributed by atoms with van der Waals surface area (Å²) in [5, 5.41) is 17.2. The Hall–Kier alpha value is -3.09. The van der Waals surface area contributed by atoms with Gasteiger partial charge in [0.05, 0.1) is 18.1 Å². The Labute approximate surface area is 248 Å². The molecule has 0 bridgehead atoms. The Balaban J connectivity index is 0.000000173. The average molecular weight is 573 g/mol. The van der Waals surface area contributed by atoms with Gasteiger partial charge in [-0.25, -0.2) is 0 Å². The highest BCUT2D eigenvalue weighted by atomic mass is 35.5. The fraction of sp³-hybridized carbons (Fsp3) is 0.371. The molecule has 4 atom stereocenters. The lowest BCUT2D eigenvalue weighted by atomic mass is 9.76. The van der Waals surface area contributed by atoms with Gasteiger partial charge in [-0.05, 0) is 78.7 Å². The van der Waals surface area contributed by atoms with E-state index in [4.69, 9.17) is 8.83 Å². The lowest BCUT2D eigenvalue weighted by molar-refractivity contribution is -0.0717. The fourth-order valence-corrected chi connectivity index (χ4v) is 6.78. The zero-order chi connectivity index (χ0) is 27.5. The van der Waals surface area contributed by atoms with E-state index in [1.807, 2.05) is 36.4 Å². The van der Waals surface area contributed by atoms with E-state index >= 15 is 0 Å². The SMILES string of the molecule is CC1CN(Cc2ccccc2)CCC1(O)c1cccc2occc12.CC1CNCCC1c1cccc2occc12.Cl. The molecule has 0 aliphatic carbocycles. The van der Waals surface area contributed by atoms with Crippen molar-refractivity contribution in [1.82, 2.24) is 10.2 Å². The topological polar surface area (TPSA) is 61.8 Å². The second kappa shape index (κ2) is 12.8. The van der Waals surface area contributed by atoms with Crippen molar-refractivity contribution in [3.05, 3.63) is 108 Å². The van der Waals surface area contributed by atoms with Gasteiger partial charge < -0.3 is 19.3 Å². The largest absolute Gasteiger partial charge is 0.464 e. The number of hydrogen-bond donors (Lipinski definition) is 2. The van der Waals surface area contributed by atoms with Crippen LogP contribution >= 0.6 is 12.4 Å². The summed E-state index contributed by atoms with van der Waals surface area (Å²) in [6.07, 6.45) is 5.46. The standard InChI is InChI=1S/C21H23NO2.C14H17NO.ClH/c1-16-14-22(15-17-6-3-2-4-7-17)12-11-21(16,23)19-8-5-9-20-18(19)10-13-24-20;1-10-9-15-7-5-11(10)12-3-2-4-14-13(12)6-8-16-14;/h2-10,13,16,23H,11-12,14-15H2,1H3;2-4,6,8,10-11,15H,5,7,9H2,1H3;1H. The Kier molecular flexibility index (Phi) is 9.20. The van der Waals surface area contributed by atoms with Crippen LogP contribution in [-0.2, 0) is 12.1 Å². The highest BCUT2D eigenvalue weighted by Crippen LogP contribution is 2.41. The predicted octanol–water partition coefficient (Wildman–Crippen LogP) is 7.73. The van der Waals surface area contributed by atoms with Crippen LogP contribution in [0.3, 0.4) is 0 Å². The van der Waals surface area contributed by atoms with Crippen molar-refractivity contribution in [3.8, 4) is 0 Å². The lowest BCUT2D eigenvalue weighted by Crippen LogP contribution is -2.48.